The molecule has 5 heteroatoms. The first-order valence-electron chi connectivity index (χ1n) is 5.45. The van der Waals surface area contributed by atoms with Crippen LogP contribution in [0.1, 0.15) is 19.8 Å². The number of nitrogens with zero attached hydrogens (tertiary/aromatic N) is 3. The normalized spacial score (nSPS) is 26.1. The Morgan fingerprint density at radius 2 is 2.07 bits per heavy atom. The standard InChI is InChI=1S/C10H18N4O/c1-3-14-6-4-10(5-7-14)8(11)12-9(15)13(10)2/h3-7H2,1-2H3,(H2,11,12,15). The molecule has 0 bridgehead atoms. The smallest absolute Gasteiger partial charge is 0.345 e. The lowest BCUT2D eigenvalue weighted by Gasteiger charge is -2.42. The quantitative estimate of drug-likeness (QED) is 0.675. The van der Waals surface area contributed by atoms with Crippen LogP contribution in [0.5, 0.6) is 0 Å². The van der Waals surface area contributed by atoms with Crippen LogP contribution in [0.3, 0.4) is 0 Å². The van der Waals surface area contributed by atoms with E-state index in [4.69, 9.17) is 5.73 Å². The van der Waals surface area contributed by atoms with Gasteiger partial charge in [0, 0.05) is 20.1 Å². The Balaban J connectivity index is 2.16. The van der Waals surface area contributed by atoms with Crippen LogP contribution in [0.25, 0.3) is 0 Å². The molecule has 5 nitrogen and oxygen atoms in total. The summed E-state index contributed by atoms with van der Waals surface area (Å²) in [7, 11) is 1.80. The van der Waals surface area contributed by atoms with Gasteiger partial charge in [-0.15, -0.1) is 0 Å². The van der Waals surface area contributed by atoms with Gasteiger partial charge in [0.15, 0.2) is 0 Å². The highest BCUT2D eigenvalue weighted by Crippen LogP contribution is 2.32. The molecule has 2 aliphatic heterocycles. The molecule has 2 aliphatic rings. The van der Waals surface area contributed by atoms with Crippen molar-refractivity contribution in [3.63, 3.8) is 0 Å². The summed E-state index contributed by atoms with van der Waals surface area (Å²) in [6.45, 7) is 5.19. The summed E-state index contributed by atoms with van der Waals surface area (Å²) in [5.74, 6) is 0.505. The van der Waals surface area contributed by atoms with Crippen molar-refractivity contribution in [2.24, 2.45) is 10.7 Å². The molecule has 84 valence electrons. The summed E-state index contributed by atoms with van der Waals surface area (Å²) in [5, 5.41) is 0. The van der Waals surface area contributed by atoms with Crippen molar-refractivity contribution in [1.29, 1.82) is 0 Å². The van der Waals surface area contributed by atoms with Crippen molar-refractivity contribution < 1.29 is 4.79 Å². The molecule has 1 saturated heterocycles. The maximum Gasteiger partial charge on any atom is 0.345 e. The van der Waals surface area contributed by atoms with E-state index in [2.05, 4.69) is 16.8 Å². The highest BCUT2D eigenvalue weighted by atomic mass is 16.2. The van der Waals surface area contributed by atoms with E-state index in [1.807, 2.05) is 0 Å². The van der Waals surface area contributed by atoms with Gasteiger partial charge in [-0.05, 0) is 19.4 Å². The molecule has 2 N–H and O–H groups in total. The third-order valence-electron chi connectivity index (χ3n) is 3.75. The number of likely N-dealkylation sites (tertiary alicyclic amines) is 1. The van der Waals surface area contributed by atoms with Gasteiger partial charge in [-0.25, -0.2) is 4.79 Å². The summed E-state index contributed by atoms with van der Waals surface area (Å²) >= 11 is 0. The fourth-order valence-corrected chi connectivity index (χ4v) is 2.47. The number of amides is 2. The van der Waals surface area contributed by atoms with E-state index in [0.717, 1.165) is 32.5 Å². The van der Waals surface area contributed by atoms with E-state index in [9.17, 15) is 4.79 Å². The number of carbonyl (C=O) groups is 1. The molecule has 0 aromatic carbocycles. The average Bonchev–Trinajstić information content (AvgIpc) is 2.45. The number of piperidine rings is 1. The highest BCUT2D eigenvalue weighted by Gasteiger charge is 2.47. The molecular weight excluding hydrogens is 192 g/mol. The monoisotopic (exact) mass is 210 g/mol. The molecule has 0 saturated carbocycles. The largest absolute Gasteiger partial charge is 0.385 e. The van der Waals surface area contributed by atoms with Gasteiger partial charge in [0.05, 0.1) is 0 Å². The highest BCUT2D eigenvalue weighted by molar-refractivity contribution is 6.05. The first kappa shape index (κ1) is 10.4. The maximum absolute atomic E-state index is 11.5. The van der Waals surface area contributed by atoms with Gasteiger partial charge in [-0.3, -0.25) is 0 Å². The minimum Gasteiger partial charge on any atom is -0.385 e. The van der Waals surface area contributed by atoms with E-state index >= 15 is 0 Å². The van der Waals surface area contributed by atoms with Crippen molar-refractivity contribution in [1.82, 2.24) is 9.80 Å². The third-order valence-corrected chi connectivity index (χ3v) is 3.75. The zero-order chi connectivity index (χ0) is 11.1. The second-order valence-electron chi connectivity index (χ2n) is 4.30. The first-order valence-corrected chi connectivity index (χ1v) is 5.45. The van der Waals surface area contributed by atoms with Crippen LogP contribution in [-0.4, -0.2) is 53.9 Å². The van der Waals surface area contributed by atoms with Gasteiger partial charge in [0.25, 0.3) is 0 Å². The zero-order valence-corrected chi connectivity index (χ0v) is 9.36. The molecule has 0 aromatic heterocycles. The Morgan fingerprint density at radius 3 is 2.47 bits per heavy atom. The van der Waals surface area contributed by atoms with E-state index in [-0.39, 0.29) is 11.6 Å². The molecule has 1 spiro atoms. The molecule has 0 aromatic rings. The van der Waals surface area contributed by atoms with Gasteiger partial charge in [0.1, 0.15) is 11.4 Å². The Hall–Kier alpha value is -1.10. The summed E-state index contributed by atoms with van der Waals surface area (Å²) in [5.41, 5.74) is 5.59. The summed E-state index contributed by atoms with van der Waals surface area (Å²) < 4.78 is 0. The van der Waals surface area contributed by atoms with E-state index in [1.165, 1.54) is 0 Å². The number of hydrogen-bond acceptors (Lipinski definition) is 3. The molecule has 2 heterocycles. The van der Waals surface area contributed by atoms with Gasteiger partial charge >= 0.3 is 6.03 Å². The van der Waals surface area contributed by atoms with Crippen molar-refractivity contribution in [3.05, 3.63) is 0 Å². The molecule has 2 rings (SSSR count). The van der Waals surface area contributed by atoms with Crippen LogP contribution in [0.2, 0.25) is 0 Å². The number of likely N-dealkylation sites (N-methyl/N-ethyl adjacent to an activating group) is 1. The number of urea groups is 1. The topological polar surface area (TPSA) is 61.9 Å². The minimum atomic E-state index is -0.289. The minimum absolute atomic E-state index is 0.197. The zero-order valence-electron chi connectivity index (χ0n) is 9.36. The van der Waals surface area contributed by atoms with E-state index < -0.39 is 0 Å². The van der Waals surface area contributed by atoms with Crippen LogP contribution in [0, 0.1) is 0 Å². The molecular formula is C10H18N4O. The lowest BCUT2D eigenvalue weighted by Crippen LogP contribution is -2.58. The number of nitrogens with two attached hydrogens (primary N) is 1. The molecule has 1 fully saturated rings. The number of amidine groups is 1. The average molecular weight is 210 g/mol. The fourth-order valence-electron chi connectivity index (χ4n) is 2.47. The maximum atomic E-state index is 11.5. The van der Waals surface area contributed by atoms with E-state index in [1.54, 1.807) is 11.9 Å². The molecule has 2 amide bonds. The van der Waals surface area contributed by atoms with Crippen molar-refractivity contribution >= 4 is 11.9 Å². The first-order chi connectivity index (χ1) is 7.10. The lowest BCUT2D eigenvalue weighted by atomic mass is 9.86. The van der Waals surface area contributed by atoms with Crippen LogP contribution >= 0.6 is 0 Å². The van der Waals surface area contributed by atoms with Gasteiger partial charge in [-0.2, -0.15) is 4.99 Å². The lowest BCUT2D eigenvalue weighted by molar-refractivity contribution is 0.119. The van der Waals surface area contributed by atoms with Gasteiger partial charge in [0.2, 0.25) is 0 Å². The number of aliphatic imine (C=N–C) groups is 1. The molecule has 0 aliphatic carbocycles. The Bertz CT molecular complexity index is 305. The van der Waals surface area contributed by atoms with Gasteiger partial charge in [-0.1, -0.05) is 6.92 Å². The second kappa shape index (κ2) is 3.48. The van der Waals surface area contributed by atoms with Crippen molar-refractivity contribution in [2.75, 3.05) is 26.7 Å². The van der Waals surface area contributed by atoms with Gasteiger partial charge < -0.3 is 15.5 Å². The Kier molecular flexibility index (Phi) is 2.42. The number of rotatable bonds is 1. The Labute approximate surface area is 89.9 Å². The van der Waals surface area contributed by atoms with Crippen LogP contribution < -0.4 is 5.73 Å². The van der Waals surface area contributed by atoms with Crippen LogP contribution in [-0.2, 0) is 0 Å². The van der Waals surface area contributed by atoms with Crippen LogP contribution in [0.15, 0.2) is 4.99 Å². The predicted molar refractivity (Wildman–Crippen MR) is 58.9 cm³/mol. The molecule has 0 unspecified atom stereocenters. The second-order valence-corrected chi connectivity index (χ2v) is 4.30. The number of carbonyl (C=O) groups excluding carboxylic acids is 1. The van der Waals surface area contributed by atoms with Crippen molar-refractivity contribution in [2.45, 2.75) is 25.3 Å². The van der Waals surface area contributed by atoms with Crippen molar-refractivity contribution in [3.8, 4) is 0 Å². The molecule has 0 radical (unpaired) electrons. The summed E-state index contributed by atoms with van der Waals surface area (Å²) in [6.07, 6.45) is 1.80. The van der Waals surface area contributed by atoms with Crippen LogP contribution in [0.4, 0.5) is 4.79 Å². The molecule has 0 atom stereocenters. The third kappa shape index (κ3) is 1.42. The summed E-state index contributed by atoms with van der Waals surface area (Å²) in [4.78, 5) is 19.4. The number of hydrogen-bond donors (Lipinski definition) is 1. The van der Waals surface area contributed by atoms with E-state index in [0.29, 0.717) is 5.84 Å². The predicted octanol–water partition coefficient (Wildman–Crippen LogP) is 0.263. The molecule has 15 heavy (non-hydrogen) atoms. The SMILES string of the molecule is CCN1CCC2(CC1)C(N)=NC(=O)N2C. The Morgan fingerprint density at radius 1 is 1.47 bits per heavy atom. The fraction of sp³-hybridized carbons (Fsp3) is 0.800. The summed E-state index contributed by atoms with van der Waals surface area (Å²) in [6, 6.07) is -0.197.